The molecule has 39 heavy (non-hydrogen) atoms. The first-order valence-corrected chi connectivity index (χ1v) is 15.4. The molecule has 0 saturated heterocycles. The number of hydrogen-bond acceptors (Lipinski definition) is 0. The van der Waals surface area contributed by atoms with Crippen molar-refractivity contribution in [2.45, 2.75) is 17.6 Å². The predicted molar refractivity (Wildman–Crippen MR) is 167 cm³/mol. The molecule has 5 aromatic rings. The second-order valence-electron chi connectivity index (χ2n) is 10.1. The maximum atomic E-state index is 4.05. The molecule has 190 valence electrons. The molecule has 0 radical (unpaired) electrons. The van der Waals surface area contributed by atoms with E-state index in [1.807, 2.05) is 0 Å². The molecule has 2 aliphatic rings. The topological polar surface area (TPSA) is 0 Å². The molecule has 7 rings (SSSR count). The van der Waals surface area contributed by atoms with Gasteiger partial charge in [0.05, 0.1) is 0 Å². The second-order valence-corrected chi connectivity index (χ2v) is 14.1. The molecule has 0 aliphatic heterocycles. The van der Waals surface area contributed by atoms with E-state index in [2.05, 4.69) is 145 Å². The zero-order chi connectivity index (χ0) is 24.1. The summed E-state index contributed by atoms with van der Waals surface area (Å²) in [5.41, 5.74) is 17.0. The van der Waals surface area contributed by atoms with Gasteiger partial charge in [-0.2, -0.15) is 0 Å². The molecule has 0 aromatic heterocycles. The van der Waals surface area contributed by atoms with Gasteiger partial charge in [0.15, 0.2) is 8.07 Å². The number of fused-ring (bicyclic) bond motifs is 6. The van der Waals surface area contributed by atoms with Crippen LogP contribution in [0.2, 0.25) is 6.55 Å². The monoisotopic (exact) mass is 636 g/mol. The van der Waals surface area contributed by atoms with Gasteiger partial charge in [0.1, 0.15) is 0 Å². The fourth-order valence-corrected chi connectivity index (χ4v) is 11.3. The zero-order valence-corrected chi connectivity index (χ0v) is 26.7. The summed E-state index contributed by atoms with van der Waals surface area (Å²) in [5.74, 6) is 3.67. The molecular formula is C35H28Cl2SiZr. The van der Waals surface area contributed by atoms with E-state index in [1.165, 1.54) is 44.5 Å². The van der Waals surface area contributed by atoms with Crippen molar-refractivity contribution in [3.63, 3.8) is 0 Å². The van der Waals surface area contributed by atoms with Crippen molar-refractivity contribution in [2.75, 3.05) is 0 Å². The summed E-state index contributed by atoms with van der Waals surface area (Å²) in [4.78, 5) is 0. The molecule has 0 nitrogen and oxygen atoms in total. The van der Waals surface area contributed by atoms with E-state index in [1.54, 1.807) is 0 Å². The van der Waals surface area contributed by atoms with Crippen LogP contribution in [-0.2, 0) is 26.2 Å². The van der Waals surface area contributed by atoms with Crippen molar-refractivity contribution < 1.29 is 26.2 Å². The van der Waals surface area contributed by atoms with Crippen molar-refractivity contribution in [2.24, 2.45) is 0 Å². The van der Waals surface area contributed by atoms with Gasteiger partial charge in [0.25, 0.3) is 0 Å². The van der Waals surface area contributed by atoms with Gasteiger partial charge in [-0.3, -0.25) is 0 Å². The van der Waals surface area contributed by atoms with E-state index in [-0.39, 0.29) is 51.0 Å². The SMILES string of the molecule is C[Si](C#Cc1ccccc1)(C1c2ccccc2-c2ccccc21)C1c2ccccc2-c2ccccc21.Cl.Cl.[Zr]. The number of benzene rings is 5. The minimum absolute atomic E-state index is 0. The molecule has 0 amide bonds. The second kappa shape index (κ2) is 11.8. The fourth-order valence-electron chi connectivity index (χ4n) is 6.64. The Hall–Kier alpha value is -2.66. The first-order valence-electron chi connectivity index (χ1n) is 12.7. The van der Waals surface area contributed by atoms with E-state index in [9.17, 15) is 0 Å². The smallest absolute Gasteiger partial charge is 0.147 e. The van der Waals surface area contributed by atoms with Crippen molar-refractivity contribution >= 4 is 32.9 Å². The van der Waals surface area contributed by atoms with Gasteiger partial charge in [0.2, 0.25) is 0 Å². The maximum absolute atomic E-state index is 4.05. The summed E-state index contributed by atoms with van der Waals surface area (Å²) >= 11 is 0. The molecule has 5 aromatic carbocycles. The Morgan fingerprint density at radius 1 is 0.462 bits per heavy atom. The van der Waals surface area contributed by atoms with Crippen molar-refractivity contribution in [1.29, 1.82) is 0 Å². The minimum Gasteiger partial charge on any atom is -0.147 e. The van der Waals surface area contributed by atoms with Crippen LogP contribution < -0.4 is 0 Å². The van der Waals surface area contributed by atoms with Crippen LogP contribution in [-0.4, -0.2) is 8.07 Å². The number of halogens is 2. The quantitative estimate of drug-likeness (QED) is 0.134. The fraction of sp³-hybridized carbons (Fsp3) is 0.0857. The Morgan fingerprint density at radius 3 is 1.13 bits per heavy atom. The van der Waals surface area contributed by atoms with Gasteiger partial charge in [-0.15, -0.1) is 30.4 Å². The molecule has 0 saturated carbocycles. The summed E-state index contributed by atoms with van der Waals surface area (Å²) < 4.78 is 0. The Bertz CT molecular complexity index is 1500. The average Bonchev–Trinajstić information content (AvgIpc) is 3.46. The van der Waals surface area contributed by atoms with Gasteiger partial charge in [-0.1, -0.05) is 128 Å². The van der Waals surface area contributed by atoms with E-state index in [0.29, 0.717) is 11.1 Å². The van der Waals surface area contributed by atoms with Crippen LogP contribution in [0.25, 0.3) is 22.3 Å². The minimum atomic E-state index is -2.43. The number of hydrogen-bond donors (Lipinski definition) is 0. The Balaban J connectivity index is 0.00000118. The third-order valence-electron chi connectivity index (χ3n) is 8.12. The first-order chi connectivity index (χ1) is 17.8. The van der Waals surface area contributed by atoms with Crippen molar-refractivity contribution in [3.05, 3.63) is 155 Å². The molecule has 0 N–H and O–H groups in total. The molecule has 0 spiro atoms. The van der Waals surface area contributed by atoms with Crippen LogP contribution in [0, 0.1) is 11.5 Å². The van der Waals surface area contributed by atoms with Gasteiger partial charge in [0, 0.05) is 42.8 Å². The van der Waals surface area contributed by atoms with E-state index < -0.39 is 8.07 Å². The van der Waals surface area contributed by atoms with Crippen LogP contribution in [0.5, 0.6) is 0 Å². The summed E-state index contributed by atoms with van der Waals surface area (Å²) in [6.07, 6.45) is 0. The molecule has 4 heteroatoms. The Kier molecular flexibility index (Phi) is 8.90. The van der Waals surface area contributed by atoms with Gasteiger partial charge in [-0.05, 0) is 56.6 Å². The number of rotatable bonds is 2. The average molecular weight is 639 g/mol. The van der Waals surface area contributed by atoms with Crippen LogP contribution in [0.3, 0.4) is 0 Å². The van der Waals surface area contributed by atoms with Crippen LogP contribution in [0.4, 0.5) is 0 Å². The third-order valence-corrected chi connectivity index (χ3v) is 12.4. The normalized spacial score (nSPS) is 12.7. The maximum Gasteiger partial charge on any atom is 0.159 e. The Labute approximate surface area is 263 Å². The van der Waals surface area contributed by atoms with Crippen LogP contribution >= 0.6 is 24.8 Å². The first kappa shape index (κ1) is 29.3. The summed E-state index contributed by atoms with van der Waals surface area (Å²) in [5, 5.41) is 0. The molecule has 0 atom stereocenters. The van der Waals surface area contributed by atoms with Gasteiger partial charge >= 0.3 is 0 Å². The van der Waals surface area contributed by atoms with Gasteiger partial charge in [-0.25, -0.2) is 0 Å². The molecule has 2 aliphatic carbocycles. The van der Waals surface area contributed by atoms with Crippen LogP contribution in [0.15, 0.2) is 127 Å². The van der Waals surface area contributed by atoms with Crippen molar-refractivity contribution in [3.8, 4) is 33.7 Å². The van der Waals surface area contributed by atoms with E-state index in [4.69, 9.17) is 0 Å². The van der Waals surface area contributed by atoms with E-state index in [0.717, 1.165) is 5.56 Å². The zero-order valence-electron chi connectivity index (χ0n) is 21.6. The molecule has 0 unspecified atom stereocenters. The summed E-state index contributed by atoms with van der Waals surface area (Å²) in [6, 6.07) is 46.6. The molecule has 0 bridgehead atoms. The Morgan fingerprint density at radius 2 is 0.769 bits per heavy atom. The molecule has 0 fully saturated rings. The molecule has 0 heterocycles. The van der Waals surface area contributed by atoms with E-state index >= 15 is 0 Å². The summed E-state index contributed by atoms with van der Waals surface area (Å²) in [7, 11) is -2.43. The third kappa shape index (κ3) is 4.71. The van der Waals surface area contributed by atoms with Gasteiger partial charge < -0.3 is 0 Å². The largest absolute Gasteiger partial charge is 0.159 e. The molecular weight excluding hydrogens is 611 g/mol. The standard InChI is InChI=1S/C35H26Si.2ClH.Zr/c1-36(24-23-25-13-3-2-4-14-25,34-30-19-9-5-15-26(30)27-16-6-10-20-31(27)34)35-32-21-11-7-17-28(32)29-18-8-12-22-33(29)35;;;/h2-22,34-35H,1H3;2*1H;. The van der Waals surface area contributed by atoms with Crippen LogP contribution in [0.1, 0.15) is 38.9 Å². The summed E-state index contributed by atoms with van der Waals surface area (Å²) in [6.45, 7) is 2.54. The predicted octanol–water partition coefficient (Wildman–Crippen LogP) is 9.20. The van der Waals surface area contributed by atoms with Crippen molar-refractivity contribution in [1.82, 2.24) is 0 Å².